The number of hydrogen-bond acceptors (Lipinski definition) is 2. The van der Waals surface area contributed by atoms with Crippen molar-refractivity contribution in [2.24, 2.45) is 0 Å². The molecule has 0 atom stereocenters. The molecule has 0 unspecified atom stereocenters. The van der Waals surface area contributed by atoms with Crippen LogP contribution >= 0.6 is 26.0 Å². The highest BCUT2D eigenvalue weighted by Gasteiger charge is 2.12. The van der Waals surface area contributed by atoms with Gasteiger partial charge in [0.25, 0.3) is 0 Å². The van der Waals surface area contributed by atoms with E-state index in [0.29, 0.717) is 6.73 Å². The van der Waals surface area contributed by atoms with Crippen LogP contribution in [0.2, 0.25) is 0 Å². The van der Waals surface area contributed by atoms with Gasteiger partial charge in [0.1, 0.15) is 6.73 Å². The highest BCUT2D eigenvalue weighted by atomic mass is 79.9. The standard InChI is InChI=1S/C16H23BrN2OS/c1-12(2)16-14-10-13(17)6-7-15(14)19(18-16)11-20-8-9-21(3,4)5/h6-7,10H,1,8-9,11H2,2-5H3. The summed E-state index contributed by atoms with van der Waals surface area (Å²) < 4.78 is 8.78. The van der Waals surface area contributed by atoms with E-state index in [1.165, 1.54) is 0 Å². The lowest BCUT2D eigenvalue weighted by molar-refractivity contribution is 0.0840. The Morgan fingerprint density at radius 1 is 1.38 bits per heavy atom. The van der Waals surface area contributed by atoms with E-state index < -0.39 is 10.0 Å². The average Bonchev–Trinajstić information content (AvgIpc) is 2.71. The van der Waals surface area contributed by atoms with Gasteiger partial charge in [0.05, 0.1) is 17.8 Å². The molecule has 2 rings (SSSR count). The molecule has 0 saturated carbocycles. The predicted molar refractivity (Wildman–Crippen MR) is 98.3 cm³/mol. The number of aromatic nitrogens is 2. The lowest BCUT2D eigenvalue weighted by atomic mass is 10.1. The van der Waals surface area contributed by atoms with E-state index in [1.807, 2.05) is 17.7 Å². The minimum atomic E-state index is -0.510. The number of benzene rings is 1. The van der Waals surface area contributed by atoms with Crippen molar-refractivity contribution >= 4 is 42.4 Å². The maximum absolute atomic E-state index is 5.81. The van der Waals surface area contributed by atoms with Gasteiger partial charge in [0.15, 0.2) is 0 Å². The number of nitrogens with zero attached hydrogens (tertiary/aromatic N) is 2. The van der Waals surface area contributed by atoms with Crippen LogP contribution in [0.5, 0.6) is 0 Å². The Labute approximate surface area is 136 Å². The van der Waals surface area contributed by atoms with Gasteiger partial charge in [-0.2, -0.15) is 5.10 Å². The Bertz CT molecular complexity index is 658. The molecular formula is C16H23BrN2OS. The van der Waals surface area contributed by atoms with Crippen molar-refractivity contribution in [3.05, 3.63) is 34.9 Å². The van der Waals surface area contributed by atoms with Crippen LogP contribution in [-0.4, -0.2) is 40.9 Å². The zero-order chi connectivity index (χ0) is 15.6. The molecule has 0 bridgehead atoms. The first kappa shape index (κ1) is 16.6. The van der Waals surface area contributed by atoms with Gasteiger partial charge in [0.2, 0.25) is 0 Å². The Morgan fingerprint density at radius 2 is 2.10 bits per heavy atom. The smallest absolute Gasteiger partial charge is 0.140 e. The van der Waals surface area contributed by atoms with E-state index in [-0.39, 0.29) is 0 Å². The molecule has 1 aromatic heterocycles. The summed E-state index contributed by atoms with van der Waals surface area (Å²) in [6.07, 6.45) is 6.91. The van der Waals surface area contributed by atoms with Crippen molar-refractivity contribution in [1.29, 1.82) is 0 Å². The molecule has 2 aromatic rings. The fourth-order valence-electron chi connectivity index (χ4n) is 2.03. The average molecular weight is 371 g/mol. The minimum absolute atomic E-state index is 0.487. The van der Waals surface area contributed by atoms with Gasteiger partial charge in [-0.25, -0.2) is 14.7 Å². The number of hydrogen-bond donors (Lipinski definition) is 0. The number of fused-ring (bicyclic) bond motifs is 1. The third-order valence-corrected chi connectivity index (χ3v) is 5.06. The van der Waals surface area contributed by atoms with Crippen molar-refractivity contribution in [2.75, 3.05) is 31.1 Å². The third kappa shape index (κ3) is 4.34. The van der Waals surface area contributed by atoms with Gasteiger partial charge in [-0.3, -0.25) is 0 Å². The second-order valence-corrected chi connectivity index (χ2v) is 11.6. The van der Waals surface area contributed by atoms with Gasteiger partial charge in [-0.1, -0.05) is 22.5 Å². The first-order chi connectivity index (χ1) is 9.78. The summed E-state index contributed by atoms with van der Waals surface area (Å²) in [4.78, 5) is 0. The van der Waals surface area contributed by atoms with Gasteiger partial charge in [-0.15, -0.1) is 0 Å². The molecule has 0 aliphatic heterocycles. The Morgan fingerprint density at radius 3 is 2.71 bits per heavy atom. The lowest BCUT2D eigenvalue weighted by Crippen LogP contribution is -2.10. The zero-order valence-corrected chi connectivity index (χ0v) is 15.6. The molecule has 0 spiro atoms. The van der Waals surface area contributed by atoms with Crippen molar-refractivity contribution in [3.8, 4) is 0 Å². The minimum Gasteiger partial charge on any atom is -0.358 e. The monoisotopic (exact) mass is 370 g/mol. The molecule has 0 aliphatic carbocycles. The summed E-state index contributed by atoms with van der Waals surface area (Å²) in [7, 11) is -0.510. The van der Waals surface area contributed by atoms with Crippen molar-refractivity contribution in [2.45, 2.75) is 13.7 Å². The van der Waals surface area contributed by atoms with Crippen molar-refractivity contribution in [3.63, 3.8) is 0 Å². The van der Waals surface area contributed by atoms with Gasteiger partial charge >= 0.3 is 0 Å². The summed E-state index contributed by atoms with van der Waals surface area (Å²) >= 11 is 3.52. The van der Waals surface area contributed by atoms with E-state index in [4.69, 9.17) is 4.74 Å². The fraction of sp³-hybridized carbons (Fsp3) is 0.438. The molecule has 3 nitrogen and oxygen atoms in total. The highest BCUT2D eigenvalue weighted by molar-refractivity contribution is 9.10. The summed E-state index contributed by atoms with van der Waals surface area (Å²) in [6.45, 7) is 7.27. The van der Waals surface area contributed by atoms with Crippen LogP contribution in [0.15, 0.2) is 29.3 Å². The number of ether oxygens (including phenoxy) is 1. The molecule has 0 amide bonds. The van der Waals surface area contributed by atoms with Crippen molar-refractivity contribution in [1.82, 2.24) is 9.78 Å². The van der Waals surface area contributed by atoms with Gasteiger partial charge < -0.3 is 4.74 Å². The Kier molecular flexibility index (Phi) is 5.17. The van der Waals surface area contributed by atoms with E-state index in [1.54, 1.807) is 0 Å². The topological polar surface area (TPSA) is 27.1 Å². The summed E-state index contributed by atoms with van der Waals surface area (Å²) in [5.41, 5.74) is 2.99. The Hall–Kier alpha value is -0.780. The quantitative estimate of drug-likeness (QED) is 0.699. The van der Waals surface area contributed by atoms with Crippen LogP contribution in [0.4, 0.5) is 0 Å². The normalized spacial score (nSPS) is 12.8. The number of allylic oxidation sites excluding steroid dienone is 1. The van der Waals surface area contributed by atoms with E-state index in [2.05, 4.69) is 58.5 Å². The Balaban J connectivity index is 2.18. The van der Waals surface area contributed by atoms with Crippen LogP contribution in [0.25, 0.3) is 16.5 Å². The van der Waals surface area contributed by atoms with Crippen LogP contribution in [0.3, 0.4) is 0 Å². The maximum atomic E-state index is 5.81. The van der Waals surface area contributed by atoms with Crippen LogP contribution in [0.1, 0.15) is 12.6 Å². The zero-order valence-electron chi connectivity index (χ0n) is 13.1. The molecule has 0 N–H and O–H groups in total. The summed E-state index contributed by atoms with van der Waals surface area (Å²) in [5.74, 6) is 1.12. The molecule has 1 heterocycles. The van der Waals surface area contributed by atoms with Crippen LogP contribution in [-0.2, 0) is 11.5 Å². The van der Waals surface area contributed by atoms with E-state index >= 15 is 0 Å². The third-order valence-electron chi connectivity index (χ3n) is 3.17. The highest BCUT2D eigenvalue weighted by Crippen LogP contribution is 2.33. The van der Waals surface area contributed by atoms with E-state index in [0.717, 1.165) is 39.0 Å². The molecule has 116 valence electrons. The van der Waals surface area contributed by atoms with E-state index in [9.17, 15) is 0 Å². The molecule has 0 radical (unpaired) electrons. The molecule has 1 aromatic carbocycles. The van der Waals surface area contributed by atoms with Crippen LogP contribution < -0.4 is 0 Å². The number of rotatable bonds is 6. The summed E-state index contributed by atoms with van der Waals surface area (Å²) in [6, 6.07) is 6.18. The summed E-state index contributed by atoms with van der Waals surface area (Å²) in [5, 5.41) is 5.75. The molecule has 0 saturated heterocycles. The first-order valence-electron chi connectivity index (χ1n) is 6.83. The largest absolute Gasteiger partial charge is 0.358 e. The lowest BCUT2D eigenvalue weighted by Gasteiger charge is -2.24. The molecule has 21 heavy (non-hydrogen) atoms. The fourth-order valence-corrected chi connectivity index (χ4v) is 3.00. The van der Waals surface area contributed by atoms with Gasteiger partial charge in [-0.05, 0) is 49.5 Å². The second kappa shape index (κ2) is 6.55. The molecule has 0 aliphatic rings. The van der Waals surface area contributed by atoms with Crippen molar-refractivity contribution < 1.29 is 4.74 Å². The first-order valence-corrected chi connectivity index (χ1v) is 10.7. The SMILES string of the molecule is C=C(C)c1nn(COCCS(C)(C)C)c2ccc(Br)cc12. The number of halogens is 1. The second-order valence-electron chi connectivity index (χ2n) is 6.12. The maximum Gasteiger partial charge on any atom is 0.140 e. The molecular weight excluding hydrogens is 348 g/mol. The van der Waals surface area contributed by atoms with Gasteiger partial charge in [0, 0.05) is 15.6 Å². The predicted octanol–water partition coefficient (Wildman–Crippen LogP) is 4.50. The van der Waals surface area contributed by atoms with Crippen LogP contribution in [0, 0.1) is 0 Å². The molecule has 0 fully saturated rings. The molecule has 5 heteroatoms.